The first kappa shape index (κ1) is 18.2. The van der Waals surface area contributed by atoms with Crippen molar-refractivity contribution < 1.29 is 4.74 Å². The van der Waals surface area contributed by atoms with Crippen LogP contribution >= 0.6 is 11.3 Å². The Morgan fingerprint density at radius 1 is 0.967 bits per heavy atom. The van der Waals surface area contributed by atoms with Crippen LogP contribution in [0, 0.1) is 11.3 Å². The van der Waals surface area contributed by atoms with Gasteiger partial charge >= 0.3 is 0 Å². The van der Waals surface area contributed by atoms with Crippen molar-refractivity contribution in [2.75, 3.05) is 6.61 Å². The van der Waals surface area contributed by atoms with Gasteiger partial charge in [-0.05, 0) is 36.8 Å². The first-order valence-corrected chi connectivity index (χ1v) is 10.4. The predicted molar refractivity (Wildman–Crippen MR) is 119 cm³/mol. The molecular formula is C24H16N4OS. The molecule has 4 heterocycles. The van der Waals surface area contributed by atoms with Gasteiger partial charge in [0.2, 0.25) is 5.88 Å². The molecule has 30 heavy (non-hydrogen) atoms. The summed E-state index contributed by atoms with van der Waals surface area (Å²) in [6, 6.07) is 22.0. The second kappa shape index (κ2) is 7.54. The molecule has 0 aliphatic rings. The number of fused-ring (bicyclic) bond motifs is 3. The van der Waals surface area contributed by atoms with Gasteiger partial charge in [-0.2, -0.15) is 5.26 Å². The molecule has 0 fully saturated rings. The zero-order valence-corrected chi connectivity index (χ0v) is 17.0. The molecule has 144 valence electrons. The van der Waals surface area contributed by atoms with E-state index in [1.165, 1.54) is 0 Å². The minimum absolute atomic E-state index is 0.364. The smallest absolute Gasteiger partial charge is 0.233 e. The van der Waals surface area contributed by atoms with Crippen molar-refractivity contribution in [3.63, 3.8) is 0 Å². The van der Waals surface area contributed by atoms with Crippen LogP contribution in [0.1, 0.15) is 12.5 Å². The Balaban J connectivity index is 1.90. The Hall–Kier alpha value is -3.82. The van der Waals surface area contributed by atoms with Crippen LogP contribution in [0.3, 0.4) is 0 Å². The van der Waals surface area contributed by atoms with E-state index in [1.807, 2.05) is 67.6 Å². The van der Waals surface area contributed by atoms with Gasteiger partial charge in [0.25, 0.3) is 0 Å². The molecule has 5 aromatic rings. The maximum Gasteiger partial charge on any atom is 0.233 e. The van der Waals surface area contributed by atoms with Gasteiger partial charge in [-0.3, -0.25) is 4.98 Å². The number of ether oxygens (including phenoxy) is 1. The Kier molecular flexibility index (Phi) is 4.58. The normalized spacial score (nSPS) is 10.9. The zero-order valence-electron chi connectivity index (χ0n) is 16.2. The van der Waals surface area contributed by atoms with E-state index < -0.39 is 0 Å². The molecule has 5 rings (SSSR count). The predicted octanol–water partition coefficient (Wildman–Crippen LogP) is 5.84. The fourth-order valence-corrected chi connectivity index (χ4v) is 4.56. The van der Waals surface area contributed by atoms with Gasteiger partial charge in [0.1, 0.15) is 16.5 Å². The quantitative estimate of drug-likeness (QED) is 0.373. The third-order valence-corrected chi connectivity index (χ3v) is 5.85. The fraction of sp³-hybridized carbons (Fsp3) is 0.0833. The summed E-state index contributed by atoms with van der Waals surface area (Å²) >= 11 is 1.55. The highest BCUT2D eigenvalue weighted by atomic mass is 32.1. The van der Waals surface area contributed by atoms with E-state index in [2.05, 4.69) is 16.0 Å². The monoisotopic (exact) mass is 408 g/mol. The molecule has 0 saturated carbocycles. The van der Waals surface area contributed by atoms with E-state index in [1.54, 1.807) is 17.5 Å². The molecule has 0 atom stereocenters. The maximum atomic E-state index is 9.99. The van der Waals surface area contributed by atoms with Crippen LogP contribution in [0.2, 0.25) is 0 Å². The van der Waals surface area contributed by atoms with Gasteiger partial charge in [-0.1, -0.05) is 36.4 Å². The van der Waals surface area contributed by atoms with Crippen molar-refractivity contribution in [2.24, 2.45) is 0 Å². The van der Waals surface area contributed by atoms with Crippen LogP contribution < -0.4 is 4.74 Å². The van der Waals surface area contributed by atoms with E-state index in [0.29, 0.717) is 18.1 Å². The molecule has 0 saturated heterocycles. The molecule has 4 aromatic heterocycles. The molecule has 5 nitrogen and oxygen atoms in total. The number of rotatable bonds is 4. The average Bonchev–Trinajstić information content (AvgIpc) is 3.16. The van der Waals surface area contributed by atoms with E-state index >= 15 is 0 Å². The number of thiophene rings is 1. The van der Waals surface area contributed by atoms with Crippen molar-refractivity contribution in [3.8, 4) is 34.5 Å². The number of hydrogen-bond acceptors (Lipinski definition) is 6. The highest BCUT2D eigenvalue weighted by Crippen LogP contribution is 2.43. The molecule has 0 N–H and O–H groups in total. The SMILES string of the molecule is CCOc1nc2sc3ccc(-c4ccccn4)nc3c2c(-c2ccccc2)c1C#N. The van der Waals surface area contributed by atoms with Crippen molar-refractivity contribution in [1.82, 2.24) is 15.0 Å². The van der Waals surface area contributed by atoms with Crippen LogP contribution in [0.5, 0.6) is 5.88 Å². The largest absolute Gasteiger partial charge is 0.477 e. The molecule has 0 spiro atoms. The highest BCUT2D eigenvalue weighted by molar-refractivity contribution is 7.25. The molecule has 0 unspecified atom stereocenters. The van der Waals surface area contributed by atoms with Crippen LogP contribution in [0.25, 0.3) is 42.9 Å². The topological polar surface area (TPSA) is 71.7 Å². The molecule has 6 heteroatoms. The van der Waals surface area contributed by atoms with Crippen molar-refractivity contribution in [3.05, 3.63) is 72.4 Å². The van der Waals surface area contributed by atoms with Crippen molar-refractivity contribution in [2.45, 2.75) is 6.92 Å². The van der Waals surface area contributed by atoms with E-state index in [9.17, 15) is 5.26 Å². The lowest BCUT2D eigenvalue weighted by molar-refractivity contribution is 0.327. The summed E-state index contributed by atoms with van der Waals surface area (Å²) < 4.78 is 6.74. The summed E-state index contributed by atoms with van der Waals surface area (Å²) in [5, 5.41) is 10.9. The standard InChI is InChI=1S/C24H16N4OS/c1-2-29-23-16(14-25)20(15-8-4-3-5-9-15)21-22-19(30-24(21)28-23)12-11-18(27-22)17-10-6-7-13-26-17/h3-13H,2H2,1H3. The third-order valence-electron chi connectivity index (χ3n) is 4.82. The van der Waals surface area contributed by atoms with Gasteiger partial charge in [0.15, 0.2) is 0 Å². The van der Waals surface area contributed by atoms with E-state index in [4.69, 9.17) is 9.72 Å². The van der Waals surface area contributed by atoms with E-state index in [-0.39, 0.29) is 0 Å². The number of nitrogens with zero attached hydrogens (tertiary/aromatic N) is 4. The van der Waals surface area contributed by atoms with Gasteiger partial charge in [0.05, 0.1) is 28.2 Å². The molecular weight excluding hydrogens is 392 g/mol. The van der Waals surface area contributed by atoms with Gasteiger partial charge < -0.3 is 4.74 Å². The molecule has 0 radical (unpaired) electrons. The summed E-state index contributed by atoms with van der Waals surface area (Å²) in [6.45, 7) is 2.33. The third kappa shape index (κ3) is 2.97. The Morgan fingerprint density at radius 3 is 2.53 bits per heavy atom. The maximum absolute atomic E-state index is 9.99. The summed E-state index contributed by atoms with van der Waals surface area (Å²) in [5.74, 6) is 0.364. The number of nitriles is 1. The van der Waals surface area contributed by atoms with Crippen LogP contribution in [-0.2, 0) is 0 Å². The Morgan fingerprint density at radius 2 is 1.80 bits per heavy atom. The average molecular weight is 408 g/mol. The Bertz CT molecular complexity index is 1410. The molecule has 1 aromatic carbocycles. The van der Waals surface area contributed by atoms with Crippen molar-refractivity contribution >= 4 is 31.8 Å². The summed E-state index contributed by atoms with van der Waals surface area (Å²) in [7, 11) is 0. The highest BCUT2D eigenvalue weighted by Gasteiger charge is 2.22. The lowest BCUT2D eigenvalue weighted by atomic mass is 9.98. The van der Waals surface area contributed by atoms with E-state index in [0.717, 1.165) is 42.9 Å². The lowest BCUT2D eigenvalue weighted by Crippen LogP contribution is -2.00. The summed E-state index contributed by atoms with van der Waals surface area (Å²) in [4.78, 5) is 14.8. The fourth-order valence-electron chi connectivity index (χ4n) is 3.54. The van der Waals surface area contributed by atoms with Crippen molar-refractivity contribution in [1.29, 1.82) is 5.26 Å². The lowest BCUT2D eigenvalue weighted by Gasteiger charge is -2.11. The van der Waals surface area contributed by atoms with Gasteiger partial charge in [-0.15, -0.1) is 11.3 Å². The molecule has 0 bridgehead atoms. The molecule has 0 aliphatic heterocycles. The number of pyridine rings is 3. The second-order valence-electron chi connectivity index (χ2n) is 6.62. The minimum atomic E-state index is 0.364. The van der Waals surface area contributed by atoms with Gasteiger partial charge in [0, 0.05) is 17.1 Å². The number of aromatic nitrogens is 3. The minimum Gasteiger partial charge on any atom is -0.477 e. The first-order valence-electron chi connectivity index (χ1n) is 9.57. The Labute approximate surface area is 177 Å². The van der Waals surface area contributed by atoms with Gasteiger partial charge in [-0.25, -0.2) is 9.97 Å². The summed E-state index contributed by atoms with van der Waals surface area (Å²) in [5.41, 5.74) is 4.59. The number of hydrogen-bond donors (Lipinski definition) is 0. The first-order chi connectivity index (χ1) is 14.8. The zero-order chi connectivity index (χ0) is 20.5. The molecule has 0 aliphatic carbocycles. The molecule has 0 amide bonds. The second-order valence-corrected chi connectivity index (χ2v) is 7.65. The van der Waals surface area contributed by atoms with Crippen LogP contribution in [0.4, 0.5) is 0 Å². The summed E-state index contributed by atoms with van der Waals surface area (Å²) in [6.07, 6.45) is 1.76. The van der Waals surface area contributed by atoms with Crippen LogP contribution in [-0.4, -0.2) is 21.6 Å². The van der Waals surface area contributed by atoms with Crippen LogP contribution in [0.15, 0.2) is 66.9 Å². The number of benzene rings is 1.